The maximum absolute atomic E-state index is 12.3. The molecule has 0 amide bonds. The maximum Gasteiger partial charge on any atom is 0.406 e. The lowest BCUT2D eigenvalue weighted by Gasteiger charge is -2.09. The molecule has 0 aliphatic carbocycles. The first-order valence-electron chi connectivity index (χ1n) is 4.54. The molecule has 0 aliphatic rings. The third-order valence-electron chi connectivity index (χ3n) is 2.07. The predicted octanol–water partition coefficient (Wildman–Crippen LogP) is 2.03. The molecule has 2 rings (SSSR count). The molecule has 0 atom stereocenters. The van der Waals surface area contributed by atoms with Gasteiger partial charge in [-0.05, 0) is 6.92 Å². The lowest BCUT2D eigenvalue weighted by Crippen LogP contribution is -2.27. The predicted molar refractivity (Wildman–Crippen MR) is 56.3 cm³/mol. The molecule has 1 N–H and O–H groups in total. The first kappa shape index (κ1) is 11.9. The number of alkyl halides is 3. The van der Waals surface area contributed by atoms with Gasteiger partial charge in [0.25, 0.3) is 5.56 Å². The summed E-state index contributed by atoms with van der Waals surface area (Å²) in [5.74, 6) is -0.339. The number of halogens is 3. The number of nitrogens with zero attached hydrogens (tertiary/aromatic N) is 2. The number of thiazole rings is 1. The van der Waals surface area contributed by atoms with Crippen molar-refractivity contribution in [2.75, 3.05) is 0 Å². The van der Waals surface area contributed by atoms with Gasteiger partial charge < -0.3 is 5.11 Å². The molecule has 0 spiro atoms. The molecule has 0 bridgehead atoms. The van der Waals surface area contributed by atoms with Gasteiger partial charge in [0.2, 0.25) is 0 Å². The van der Waals surface area contributed by atoms with Crippen molar-refractivity contribution < 1.29 is 18.3 Å². The fraction of sp³-hybridized carbons (Fsp3) is 0.333. The van der Waals surface area contributed by atoms with Gasteiger partial charge >= 0.3 is 6.18 Å². The van der Waals surface area contributed by atoms with E-state index in [1.807, 2.05) is 0 Å². The Morgan fingerprint density at radius 1 is 1.53 bits per heavy atom. The van der Waals surface area contributed by atoms with Gasteiger partial charge in [-0.2, -0.15) is 13.2 Å². The van der Waals surface area contributed by atoms with Gasteiger partial charge in [0, 0.05) is 6.07 Å². The molecule has 0 radical (unpaired) electrons. The van der Waals surface area contributed by atoms with Crippen LogP contribution in [0.4, 0.5) is 13.2 Å². The highest BCUT2D eigenvalue weighted by molar-refractivity contribution is 7.18. The van der Waals surface area contributed by atoms with Crippen LogP contribution in [0.2, 0.25) is 0 Å². The molecule has 0 saturated heterocycles. The Morgan fingerprint density at radius 2 is 2.18 bits per heavy atom. The van der Waals surface area contributed by atoms with E-state index in [1.165, 1.54) is 0 Å². The number of fused-ring (bicyclic) bond motifs is 1. The SMILES string of the molecule is Cc1nc2c(s1)c(O)cc(=O)n2CC(F)(F)F. The standard InChI is InChI=1S/C9H7F3N2O2S/c1-4-13-8-7(17-4)5(15)2-6(16)14(8)3-9(10,11)12/h2,15H,3H2,1H3. The molecule has 0 fully saturated rings. The smallest absolute Gasteiger partial charge is 0.406 e. The first-order chi connectivity index (χ1) is 7.78. The highest BCUT2D eigenvalue weighted by Gasteiger charge is 2.30. The lowest BCUT2D eigenvalue weighted by molar-refractivity contribution is -0.140. The van der Waals surface area contributed by atoms with E-state index in [-0.39, 0.29) is 16.1 Å². The minimum atomic E-state index is -4.51. The van der Waals surface area contributed by atoms with E-state index in [0.29, 0.717) is 9.57 Å². The molecular formula is C9H7F3N2O2S. The number of hydrogen-bond acceptors (Lipinski definition) is 4. The number of aromatic nitrogens is 2. The van der Waals surface area contributed by atoms with E-state index in [4.69, 9.17) is 0 Å². The Morgan fingerprint density at radius 3 is 2.76 bits per heavy atom. The van der Waals surface area contributed by atoms with Crippen LogP contribution in [0.3, 0.4) is 0 Å². The molecule has 0 aromatic carbocycles. The summed E-state index contributed by atoms with van der Waals surface area (Å²) < 4.78 is 37.6. The quantitative estimate of drug-likeness (QED) is 0.857. The molecule has 8 heteroatoms. The van der Waals surface area contributed by atoms with E-state index in [0.717, 1.165) is 17.4 Å². The average molecular weight is 264 g/mol. The molecular weight excluding hydrogens is 257 g/mol. The summed E-state index contributed by atoms with van der Waals surface area (Å²) >= 11 is 1.04. The van der Waals surface area contributed by atoms with Gasteiger partial charge in [-0.1, -0.05) is 0 Å². The number of aromatic hydroxyl groups is 1. The topological polar surface area (TPSA) is 55.1 Å². The van der Waals surface area contributed by atoms with Crippen LogP contribution in [0.1, 0.15) is 5.01 Å². The Hall–Kier alpha value is -1.57. The van der Waals surface area contributed by atoms with Gasteiger partial charge in [-0.3, -0.25) is 9.36 Å². The zero-order chi connectivity index (χ0) is 12.8. The molecule has 0 unspecified atom stereocenters. The highest BCUT2D eigenvalue weighted by atomic mass is 32.1. The van der Waals surface area contributed by atoms with Gasteiger partial charge in [0.05, 0.1) is 5.01 Å². The maximum atomic E-state index is 12.3. The van der Waals surface area contributed by atoms with E-state index < -0.39 is 18.3 Å². The second-order valence-corrected chi connectivity index (χ2v) is 4.66. The fourth-order valence-corrected chi connectivity index (χ4v) is 2.30. The number of hydrogen-bond donors (Lipinski definition) is 1. The number of pyridine rings is 1. The zero-order valence-corrected chi connectivity index (χ0v) is 9.39. The van der Waals surface area contributed by atoms with Crippen LogP contribution in [0.25, 0.3) is 10.3 Å². The lowest BCUT2D eigenvalue weighted by atomic mass is 10.4. The van der Waals surface area contributed by atoms with Gasteiger partial charge in [0.1, 0.15) is 17.0 Å². The third kappa shape index (κ3) is 2.26. The normalized spacial score (nSPS) is 12.2. The van der Waals surface area contributed by atoms with Gasteiger partial charge in [-0.25, -0.2) is 4.98 Å². The summed E-state index contributed by atoms with van der Waals surface area (Å²) in [5.41, 5.74) is -1.05. The second kappa shape index (κ2) is 3.73. The third-order valence-corrected chi connectivity index (χ3v) is 3.05. The van der Waals surface area contributed by atoms with Crippen LogP contribution in [0.5, 0.6) is 5.75 Å². The van der Waals surface area contributed by atoms with Gasteiger partial charge in [-0.15, -0.1) is 11.3 Å². The first-order valence-corrected chi connectivity index (χ1v) is 5.36. The van der Waals surface area contributed by atoms with Crippen LogP contribution in [0, 0.1) is 6.92 Å². The van der Waals surface area contributed by atoms with E-state index >= 15 is 0 Å². The average Bonchev–Trinajstić information content (AvgIpc) is 2.53. The van der Waals surface area contributed by atoms with Crippen LogP contribution in [-0.2, 0) is 6.54 Å². The number of aryl methyl sites for hydroxylation is 1. The molecule has 2 aromatic rings. The Labute approximate surface area is 96.9 Å². The zero-order valence-electron chi connectivity index (χ0n) is 8.58. The second-order valence-electron chi connectivity index (χ2n) is 3.45. The molecule has 2 heterocycles. The van der Waals surface area contributed by atoms with Crippen molar-refractivity contribution in [3.8, 4) is 5.75 Å². The van der Waals surface area contributed by atoms with Crippen molar-refractivity contribution in [3.05, 3.63) is 21.4 Å². The fourth-order valence-electron chi connectivity index (χ4n) is 1.46. The molecule has 4 nitrogen and oxygen atoms in total. The summed E-state index contributed by atoms with van der Waals surface area (Å²) in [5, 5.41) is 9.95. The van der Waals surface area contributed by atoms with E-state index in [9.17, 15) is 23.1 Å². The summed E-state index contributed by atoms with van der Waals surface area (Å²) in [4.78, 5) is 15.2. The Bertz CT molecular complexity index is 629. The van der Waals surface area contributed by atoms with Crippen molar-refractivity contribution in [2.45, 2.75) is 19.6 Å². The molecule has 17 heavy (non-hydrogen) atoms. The molecule has 0 aliphatic heterocycles. The van der Waals surface area contributed by atoms with Crippen molar-refractivity contribution >= 4 is 21.7 Å². The van der Waals surface area contributed by atoms with Crippen LogP contribution >= 0.6 is 11.3 Å². The molecule has 0 saturated carbocycles. The van der Waals surface area contributed by atoms with Crippen molar-refractivity contribution in [1.82, 2.24) is 9.55 Å². The monoisotopic (exact) mass is 264 g/mol. The Kier molecular flexibility index (Phi) is 2.61. The molecule has 92 valence electrons. The largest absolute Gasteiger partial charge is 0.506 e. The van der Waals surface area contributed by atoms with Crippen LogP contribution < -0.4 is 5.56 Å². The van der Waals surface area contributed by atoms with Crippen molar-refractivity contribution in [2.24, 2.45) is 0 Å². The summed E-state index contributed by atoms with van der Waals surface area (Å²) in [6, 6.07) is 0.770. The summed E-state index contributed by atoms with van der Waals surface area (Å²) in [7, 11) is 0. The van der Waals surface area contributed by atoms with Crippen LogP contribution in [-0.4, -0.2) is 20.8 Å². The summed E-state index contributed by atoms with van der Waals surface area (Å²) in [6.07, 6.45) is -4.51. The highest BCUT2D eigenvalue weighted by Crippen LogP contribution is 2.29. The minimum Gasteiger partial charge on any atom is -0.506 e. The van der Waals surface area contributed by atoms with Crippen molar-refractivity contribution in [1.29, 1.82) is 0 Å². The minimum absolute atomic E-state index is 0.130. The summed E-state index contributed by atoms with van der Waals surface area (Å²) in [6.45, 7) is 0.179. The molecule has 2 aromatic heterocycles. The van der Waals surface area contributed by atoms with Gasteiger partial charge in [0.15, 0.2) is 5.65 Å². The van der Waals surface area contributed by atoms with Crippen molar-refractivity contribution in [3.63, 3.8) is 0 Å². The van der Waals surface area contributed by atoms with E-state index in [2.05, 4.69) is 4.98 Å². The number of rotatable bonds is 1. The van der Waals surface area contributed by atoms with Crippen LogP contribution in [0.15, 0.2) is 10.9 Å². The Balaban J connectivity index is 2.73. The van der Waals surface area contributed by atoms with E-state index in [1.54, 1.807) is 6.92 Å².